The molecule has 0 saturated carbocycles. The van der Waals surface area contributed by atoms with Crippen LogP contribution in [0.2, 0.25) is 0 Å². The molecule has 0 aliphatic rings. The Morgan fingerprint density at radius 3 is 2.93 bits per heavy atom. The SMILES string of the molecule is CONCc1cc(C(=O)OC)nn1C. The number of hydrogen-bond donors (Lipinski definition) is 1. The van der Waals surface area contributed by atoms with Crippen molar-refractivity contribution < 1.29 is 14.4 Å². The molecule has 6 heteroatoms. The standard InChI is InChI=1S/C8H13N3O3/c1-11-6(5-9-14-3)4-7(10-11)8(12)13-2/h4,9H,5H2,1-3H3. The molecule has 0 aromatic carbocycles. The molecule has 0 unspecified atom stereocenters. The molecule has 0 atom stereocenters. The van der Waals surface area contributed by atoms with Crippen molar-refractivity contribution in [2.75, 3.05) is 14.2 Å². The number of nitrogens with zero attached hydrogens (tertiary/aromatic N) is 2. The Hall–Kier alpha value is -1.40. The summed E-state index contributed by atoms with van der Waals surface area (Å²) in [5.41, 5.74) is 3.80. The average Bonchev–Trinajstić information content (AvgIpc) is 2.56. The van der Waals surface area contributed by atoms with E-state index in [1.165, 1.54) is 14.2 Å². The minimum atomic E-state index is -0.440. The van der Waals surface area contributed by atoms with Crippen molar-refractivity contribution in [2.45, 2.75) is 6.54 Å². The van der Waals surface area contributed by atoms with E-state index in [0.29, 0.717) is 12.2 Å². The Labute approximate surface area is 81.8 Å². The third kappa shape index (κ3) is 2.30. The molecule has 1 heterocycles. The van der Waals surface area contributed by atoms with Gasteiger partial charge in [0.2, 0.25) is 0 Å². The van der Waals surface area contributed by atoms with Gasteiger partial charge in [-0.05, 0) is 6.07 Å². The Kier molecular flexibility index (Phi) is 3.61. The molecule has 14 heavy (non-hydrogen) atoms. The van der Waals surface area contributed by atoms with Crippen LogP contribution in [0.15, 0.2) is 6.07 Å². The fraction of sp³-hybridized carbons (Fsp3) is 0.500. The quantitative estimate of drug-likeness (QED) is 0.540. The van der Waals surface area contributed by atoms with Gasteiger partial charge in [0.1, 0.15) is 0 Å². The van der Waals surface area contributed by atoms with Crippen LogP contribution in [0.5, 0.6) is 0 Å². The number of nitrogens with one attached hydrogen (secondary N) is 1. The lowest BCUT2D eigenvalue weighted by Crippen LogP contribution is -2.13. The Morgan fingerprint density at radius 2 is 2.36 bits per heavy atom. The summed E-state index contributed by atoms with van der Waals surface area (Å²) in [6, 6.07) is 1.65. The Morgan fingerprint density at radius 1 is 1.64 bits per heavy atom. The van der Waals surface area contributed by atoms with Crippen LogP contribution in [-0.4, -0.2) is 30.0 Å². The number of hydrogen-bond acceptors (Lipinski definition) is 5. The van der Waals surface area contributed by atoms with Gasteiger partial charge >= 0.3 is 5.97 Å². The Balaban J connectivity index is 2.76. The number of aryl methyl sites for hydroxylation is 1. The second kappa shape index (κ2) is 4.73. The molecule has 1 aromatic heterocycles. The first-order valence-corrected chi connectivity index (χ1v) is 4.06. The zero-order valence-electron chi connectivity index (χ0n) is 8.40. The second-order valence-electron chi connectivity index (χ2n) is 2.66. The number of methoxy groups -OCH3 is 1. The second-order valence-corrected chi connectivity index (χ2v) is 2.66. The van der Waals surface area contributed by atoms with Crippen LogP contribution in [0.25, 0.3) is 0 Å². The van der Waals surface area contributed by atoms with Crippen LogP contribution >= 0.6 is 0 Å². The van der Waals surface area contributed by atoms with E-state index in [4.69, 9.17) is 0 Å². The summed E-state index contributed by atoms with van der Waals surface area (Å²) in [7, 11) is 4.60. The highest BCUT2D eigenvalue weighted by molar-refractivity contribution is 5.87. The lowest BCUT2D eigenvalue weighted by Gasteiger charge is -2.00. The molecule has 0 aliphatic heterocycles. The van der Waals surface area contributed by atoms with E-state index in [1.807, 2.05) is 0 Å². The number of ether oxygens (including phenoxy) is 1. The maximum absolute atomic E-state index is 11.1. The van der Waals surface area contributed by atoms with Crippen LogP contribution in [0.4, 0.5) is 0 Å². The first-order chi connectivity index (χ1) is 6.69. The van der Waals surface area contributed by atoms with Crippen molar-refractivity contribution in [3.63, 3.8) is 0 Å². The van der Waals surface area contributed by atoms with E-state index in [-0.39, 0.29) is 0 Å². The van der Waals surface area contributed by atoms with E-state index < -0.39 is 5.97 Å². The highest BCUT2D eigenvalue weighted by atomic mass is 16.6. The zero-order chi connectivity index (χ0) is 10.6. The molecule has 6 nitrogen and oxygen atoms in total. The molecule has 0 amide bonds. The third-order valence-corrected chi connectivity index (χ3v) is 1.77. The summed E-state index contributed by atoms with van der Waals surface area (Å²) in [6.45, 7) is 0.483. The molecule has 78 valence electrons. The van der Waals surface area contributed by atoms with Crippen molar-refractivity contribution in [1.29, 1.82) is 0 Å². The molecule has 0 radical (unpaired) electrons. The average molecular weight is 199 g/mol. The smallest absolute Gasteiger partial charge is 0.358 e. The van der Waals surface area contributed by atoms with Gasteiger partial charge in [0.15, 0.2) is 5.69 Å². The van der Waals surface area contributed by atoms with Crippen molar-refractivity contribution in [3.8, 4) is 0 Å². The maximum Gasteiger partial charge on any atom is 0.358 e. The fourth-order valence-electron chi connectivity index (χ4n) is 1.02. The molecule has 0 aliphatic carbocycles. The van der Waals surface area contributed by atoms with Crippen molar-refractivity contribution in [2.24, 2.45) is 7.05 Å². The predicted molar refractivity (Wildman–Crippen MR) is 48.4 cm³/mol. The summed E-state index contributed by atoms with van der Waals surface area (Å²) in [6.07, 6.45) is 0. The minimum absolute atomic E-state index is 0.294. The number of aromatic nitrogens is 2. The molecule has 0 spiro atoms. The molecular weight excluding hydrogens is 186 g/mol. The highest BCUT2D eigenvalue weighted by Crippen LogP contribution is 2.03. The van der Waals surface area contributed by atoms with Crippen molar-refractivity contribution >= 4 is 5.97 Å². The maximum atomic E-state index is 11.1. The highest BCUT2D eigenvalue weighted by Gasteiger charge is 2.12. The fourth-order valence-corrected chi connectivity index (χ4v) is 1.02. The molecule has 0 saturated heterocycles. The van der Waals surface area contributed by atoms with Gasteiger partial charge < -0.3 is 9.57 Å². The number of carbonyl (C=O) groups excluding carboxylic acids is 1. The summed E-state index contributed by atoms with van der Waals surface area (Å²) in [5, 5.41) is 3.98. The molecule has 1 rings (SSSR count). The number of hydroxylamine groups is 1. The molecule has 1 aromatic rings. The van der Waals surface area contributed by atoms with Crippen LogP contribution in [0.1, 0.15) is 16.2 Å². The van der Waals surface area contributed by atoms with Gasteiger partial charge in [0, 0.05) is 7.05 Å². The minimum Gasteiger partial charge on any atom is -0.464 e. The topological polar surface area (TPSA) is 65.4 Å². The third-order valence-electron chi connectivity index (χ3n) is 1.77. The monoisotopic (exact) mass is 199 g/mol. The Bertz CT molecular complexity index is 322. The molecule has 1 N–H and O–H groups in total. The van der Waals surface area contributed by atoms with Crippen LogP contribution in [0.3, 0.4) is 0 Å². The molecule has 0 bridgehead atoms. The van der Waals surface area contributed by atoms with Crippen molar-refractivity contribution in [3.05, 3.63) is 17.5 Å². The normalized spacial score (nSPS) is 10.2. The van der Waals surface area contributed by atoms with Gasteiger partial charge in [0.05, 0.1) is 26.5 Å². The first-order valence-electron chi connectivity index (χ1n) is 4.06. The van der Waals surface area contributed by atoms with Gasteiger partial charge in [0.25, 0.3) is 0 Å². The van der Waals surface area contributed by atoms with Gasteiger partial charge in [-0.25, -0.2) is 4.79 Å². The van der Waals surface area contributed by atoms with Gasteiger partial charge in [-0.3, -0.25) is 4.68 Å². The number of rotatable bonds is 4. The van der Waals surface area contributed by atoms with Gasteiger partial charge in [-0.2, -0.15) is 10.6 Å². The largest absolute Gasteiger partial charge is 0.464 e. The predicted octanol–water partition coefficient (Wildman–Crippen LogP) is -0.142. The summed E-state index contributed by atoms with van der Waals surface area (Å²) >= 11 is 0. The van der Waals surface area contributed by atoms with Crippen molar-refractivity contribution in [1.82, 2.24) is 15.3 Å². The van der Waals surface area contributed by atoms with Gasteiger partial charge in [-0.15, -0.1) is 0 Å². The van der Waals surface area contributed by atoms with Crippen LogP contribution in [-0.2, 0) is 23.2 Å². The van der Waals surface area contributed by atoms with E-state index in [2.05, 4.69) is 20.2 Å². The van der Waals surface area contributed by atoms with Crippen LogP contribution in [0, 0.1) is 0 Å². The number of carbonyl (C=O) groups is 1. The molecular formula is C8H13N3O3. The summed E-state index contributed by atoms with van der Waals surface area (Å²) in [4.78, 5) is 15.8. The zero-order valence-corrected chi connectivity index (χ0v) is 8.40. The lowest BCUT2D eigenvalue weighted by atomic mass is 10.3. The van der Waals surface area contributed by atoms with E-state index >= 15 is 0 Å². The number of esters is 1. The van der Waals surface area contributed by atoms with E-state index in [9.17, 15) is 4.79 Å². The summed E-state index contributed by atoms with van der Waals surface area (Å²) in [5.74, 6) is -0.440. The van der Waals surface area contributed by atoms with Gasteiger partial charge in [-0.1, -0.05) is 0 Å². The lowest BCUT2D eigenvalue weighted by molar-refractivity contribution is 0.0593. The van der Waals surface area contributed by atoms with E-state index in [1.54, 1.807) is 17.8 Å². The summed E-state index contributed by atoms with van der Waals surface area (Å²) < 4.78 is 6.14. The molecule has 0 fully saturated rings. The van der Waals surface area contributed by atoms with E-state index in [0.717, 1.165) is 5.69 Å². The first kappa shape index (κ1) is 10.7. The van der Waals surface area contributed by atoms with Crippen LogP contribution < -0.4 is 5.48 Å².